The highest BCUT2D eigenvalue weighted by atomic mass is 79.9. The summed E-state index contributed by atoms with van der Waals surface area (Å²) in [4.78, 5) is 0. The molecular weight excluding hydrogens is 676 g/mol. The van der Waals surface area contributed by atoms with E-state index in [-0.39, 0.29) is 0 Å². The lowest BCUT2D eigenvalue weighted by molar-refractivity contribution is 0.116. The molecule has 0 fully saturated rings. The van der Waals surface area contributed by atoms with Crippen LogP contribution in [0, 0.1) is 0 Å². The lowest BCUT2D eigenvalue weighted by Gasteiger charge is -2.46. The molecule has 2 N–H and O–H groups in total. The zero-order valence-electron chi connectivity index (χ0n) is 27.9. The third-order valence-electron chi connectivity index (χ3n) is 11.0. The van der Waals surface area contributed by atoms with Crippen LogP contribution in [0.1, 0.15) is 36.1 Å². The van der Waals surface area contributed by atoms with Gasteiger partial charge in [-0.2, -0.15) is 0 Å². The third-order valence-corrected chi connectivity index (χ3v) is 11.4. The van der Waals surface area contributed by atoms with Gasteiger partial charge in [0.1, 0.15) is 11.2 Å². The molecule has 0 aromatic heterocycles. The van der Waals surface area contributed by atoms with Gasteiger partial charge in [0.2, 0.25) is 0 Å². The van der Waals surface area contributed by atoms with Crippen molar-refractivity contribution in [1.29, 1.82) is 0 Å². The maximum Gasteiger partial charge on any atom is 0.141 e. The van der Waals surface area contributed by atoms with E-state index in [4.69, 9.17) is 0 Å². The zero-order chi connectivity index (χ0) is 34.3. The van der Waals surface area contributed by atoms with Crippen LogP contribution in [0.15, 0.2) is 196 Å². The van der Waals surface area contributed by atoms with Crippen LogP contribution < -0.4 is 0 Å². The highest BCUT2D eigenvalue weighted by molar-refractivity contribution is 9.11. The van der Waals surface area contributed by atoms with Crippen molar-refractivity contribution in [3.63, 3.8) is 0 Å². The van der Waals surface area contributed by atoms with Gasteiger partial charge >= 0.3 is 0 Å². The van der Waals surface area contributed by atoms with Crippen LogP contribution in [0.5, 0.6) is 0 Å². The Hall–Kier alpha value is -5.06. The summed E-state index contributed by atoms with van der Waals surface area (Å²) in [6, 6.07) is 45.5. The molecule has 9 rings (SSSR count). The molecule has 50 heavy (non-hydrogen) atoms. The van der Waals surface area contributed by atoms with Gasteiger partial charge in [-0.25, -0.2) is 0 Å². The Morgan fingerprint density at radius 1 is 0.500 bits per heavy atom. The van der Waals surface area contributed by atoms with Crippen molar-refractivity contribution >= 4 is 22.0 Å². The molecule has 2 unspecified atom stereocenters. The van der Waals surface area contributed by atoms with Gasteiger partial charge in [0.25, 0.3) is 0 Å². The van der Waals surface area contributed by atoms with E-state index in [0.29, 0.717) is 0 Å². The first kappa shape index (κ1) is 31.0. The van der Waals surface area contributed by atoms with Crippen LogP contribution in [0.2, 0.25) is 0 Å². The molecule has 0 radical (unpaired) electrons. The van der Waals surface area contributed by atoms with Crippen molar-refractivity contribution in [2.75, 3.05) is 0 Å². The number of halogens is 1. The summed E-state index contributed by atoms with van der Waals surface area (Å²) >= 11 is 3.73. The van der Waals surface area contributed by atoms with Crippen LogP contribution in [-0.2, 0) is 16.6 Å². The van der Waals surface area contributed by atoms with E-state index in [1.165, 1.54) is 5.56 Å². The highest BCUT2D eigenvalue weighted by Crippen LogP contribution is 2.61. The van der Waals surface area contributed by atoms with E-state index in [0.717, 1.165) is 76.9 Å². The van der Waals surface area contributed by atoms with Crippen molar-refractivity contribution in [1.82, 2.24) is 0 Å². The van der Waals surface area contributed by atoms with Gasteiger partial charge in [-0.15, -0.1) is 0 Å². The Balaban J connectivity index is 1.27. The Morgan fingerprint density at radius 3 is 1.66 bits per heavy atom. The molecule has 2 atom stereocenters. The van der Waals surface area contributed by atoms with Crippen molar-refractivity contribution in [2.24, 2.45) is 0 Å². The second-order valence-electron chi connectivity index (χ2n) is 14.2. The van der Waals surface area contributed by atoms with Crippen LogP contribution in [-0.4, -0.2) is 10.2 Å². The molecule has 0 saturated carbocycles. The van der Waals surface area contributed by atoms with Gasteiger partial charge in [0.15, 0.2) is 0 Å². The molecular formula is C47H35BrO2. The fourth-order valence-corrected chi connectivity index (χ4v) is 9.00. The summed E-state index contributed by atoms with van der Waals surface area (Å²) in [5.74, 6) is 0. The molecule has 0 amide bonds. The monoisotopic (exact) mass is 710 g/mol. The number of fused-ring (bicyclic) bond motifs is 4. The minimum Gasteiger partial charge on any atom is -0.377 e. The van der Waals surface area contributed by atoms with Gasteiger partial charge in [0, 0.05) is 21.0 Å². The second-order valence-corrected chi connectivity index (χ2v) is 15.1. The molecule has 3 heteroatoms. The number of allylic oxidation sites excluding steroid dienone is 4. The molecule has 2 nitrogen and oxygen atoms in total. The molecule has 4 aliphatic carbocycles. The van der Waals surface area contributed by atoms with E-state index in [1.54, 1.807) is 0 Å². The zero-order valence-corrected chi connectivity index (χ0v) is 29.4. The summed E-state index contributed by atoms with van der Waals surface area (Å²) in [6.45, 7) is 4.47. The summed E-state index contributed by atoms with van der Waals surface area (Å²) in [5, 5.41) is 26.4. The molecule has 4 aliphatic rings. The number of aliphatic hydroxyl groups is 2. The average molecular weight is 712 g/mol. The number of hydrogen-bond acceptors (Lipinski definition) is 2. The van der Waals surface area contributed by atoms with Crippen molar-refractivity contribution in [3.05, 3.63) is 218 Å². The molecule has 5 aromatic rings. The number of benzene rings is 5. The Bertz CT molecular complexity index is 2390. The molecule has 0 saturated heterocycles. The van der Waals surface area contributed by atoms with Crippen LogP contribution in [0.3, 0.4) is 0 Å². The Labute approximate surface area is 301 Å². The van der Waals surface area contributed by atoms with Crippen LogP contribution in [0.4, 0.5) is 0 Å². The van der Waals surface area contributed by atoms with E-state index in [9.17, 15) is 10.2 Å². The van der Waals surface area contributed by atoms with Gasteiger partial charge < -0.3 is 10.2 Å². The Morgan fingerprint density at radius 2 is 1.04 bits per heavy atom. The van der Waals surface area contributed by atoms with Crippen molar-refractivity contribution < 1.29 is 10.2 Å². The fourth-order valence-electron chi connectivity index (χ4n) is 8.42. The van der Waals surface area contributed by atoms with Gasteiger partial charge in [-0.05, 0) is 97.2 Å². The second kappa shape index (κ2) is 11.2. The minimum atomic E-state index is -1.48. The first-order valence-electron chi connectivity index (χ1n) is 17.1. The quantitative estimate of drug-likeness (QED) is 0.195. The molecule has 0 aliphatic heterocycles. The van der Waals surface area contributed by atoms with Crippen molar-refractivity contribution in [3.8, 4) is 22.3 Å². The summed E-state index contributed by atoms with van der Waals surface area (Å²) in [6.07, 6.45) is 10.4. The normalized spacial score (nSPS) is 22.9. The predicted molar refractivity (Wildman–Crippen MR) is 207 cm³/mol. The highest BCUT2D eigenvalue weighted by Gasteiger charge is 2.53. The molecule has 242 valence electrons. The summed E-state index contributed by atoms with van der Waals surface area (Å²) in [5.41, 5.74) is 10.2. The standard InChI is InChI=1S/C47H35BrO2/c1-45(2)40-16-10-9-15-34(40)26-43-42(45)28-39-41(47(43,50)37-23-19-33(20-24-37)31-13-7-4-8-14-31)27-35-25-38(48)29-46(49,44(35)39)36-21-17-32(18-22-36)30-11-5-3-6-12-30/h3-29,49-50H,1-2H3. The first-order valence-corrected chi connectivity index (χ1v) is 17.9. The number of hydrogen-bond donors (Lipinski definition) is 2. The lowest BCUT2D eigenvalue weighted by atomic mass is 9.59. The van der Waals surface area contributed by atoms with Crippen molar-refractivity contribution in [2.45, 2.75) is 30.5 Å². The Kier molecular flexibility index (Phi) is 6.95. The van der Waals surface area contributed by atoms with Crippen LogP contribution >= 0.6 is 15.9 Å². The largest absolute Gasteiger partial charge is 0.377 e. The van der Waals surface area contributed by atoms with Gasteiger partial charge in [-0.1, -0.05) is 163 Å². The fraction of sp³-hybridized carbons (Fsp3) is 0.106. The van der Waals surface area contributed by atoms with Gasteiger partial charge in [-0.3, -0.25) is 0 Å². The topological polar surface area (TPSA) is 40.5 Å². The maximum atomic E-state index is 13.5. The van der Waals surface area contributed by atoms with E-state index in [1.807, 2.05) is 54.6 Å². The van der Waals surface area contributed by atoms with Gasteiger partial charge in [0.05, 0.1) is 0 Å². The molecule has 0 heterocycles. The molecule has 0 bridgehead atoms. The van der Waals surface area contributed by atoms with E-state index in [2.05, 4.69) is 139 Å². The molecule has 5 aromatic carbocycles. The SMILES string of the molecule is CC1(C)C2=CC3=C4C(=CC(Br)=CC4(O)c4ccc(-c5ccccc5)cc4)C=C3C(O)(c3ccc(-c4ccccc4)cc3)C2=Cc2ccccc21. The smallest absolute Gasteiger partial charge is 0.141 e. The average Bonchev–Trinajstić information content (AvgIpc) is 3.53. The maximum absolute atomic E-state index is 13.5. The van der Waals surface area contributed by atoms with E-state index >= 15 is 0 Å². The first-order chi connectivity index (χ1) is 24.2. The predicted octanol–water partition coefficient (Wildman–Crippen LogP) is 10.9. The minimum absolute atomic E-state index is 0.412. The summed E-state index contributed by atoms with van der Waals surface area (Å²) < 4.78 is 0.787. The summed E-state index contributed by atoms with van der Waals surface area (Å²) in [7, 11) is 0. The number of rotatable bonds is 4. The lowest BCUT2D eigenvalue weighted by Crippen LogP contribution is -2.41. The van der Waals surface area contributed by atoms with Crippen LogP contribution in [0.25, 0.3) is 28.3 Å². The van der Waals surface area contributed by atoms with E-state index < -0.39 is 16.6 Å². The molecule has 0 spiro atoms. The third kappa shape index (κ3) is 4.54.